The van der Waals surface area contributed by atoms with Gasteiger partial charge in [0, 0.05) is 5.56 Å². The molecular formula is C22H18N2O2. The Bertz CT molecular complexity index is 975. The third-order valence-electron chi connectivity index (χ3n) is 4.09. The fraction of sp³-hybridized carbons (Fsp3) is 0.0909. The molecule has 0 saturated heterocycles. The third kappa shape index (κ3) is 3.64. The monoisotopic (exact) mass is 342 g/mol. The molecule has 0 aliphatic carbocycles. The predicted octanol–water partition coefficient (Wildman–Crippen LogP) is 5.29. The van der Waals surface area contributed by atoms with Gasteiger partial charge >= 0.3 is 0 Å². The lowest BCUT2D eigenvalue weighted by Crippen LogP contribution is -1.95. The first-order valence-electron chi connectivity index (χ1n) is 8.46. The summed E-state index contributed by atoms with van der Waals surface area (Å²) in [7, 11) is 0. The Balaban J connectivity index is 1.41. The molecule has 0 fully saturated rings. The minimum Gasteiger partial charge on any atom is -0.484 e. The lowest BCUT2D eigenvalue weighted by molar-refractivity contribution is 0.264. The average Bonchev–Trinajstić information content (AvgIpc) is 3.17. The third-order valence-corrected chi connectivity index (χ3v) is 4.09. The van der Waals surface area contributed by atoms with Gasteiger partial charge in [-0.3, -0.25) is 0 Å². The van der Waals surface area contributed by atoms with Crippen LogP contribution >= 0.6 is 0 Å². The van der Waals surface area contributed by atoms with E-state index in [0.29, 0.717) is 11.8 Å². The van der Waals surface area contributed by atoms with Crippen molar-refractivity contribution in [3.63, 3.8) is 0 Å². The summed E-state index contributed by atoms with van der Waals surface area (Å²) >= 11 is 0. The van der Waals surface area contributed by atoms with E-state index in [4.69, 9.17) is 9.15 Å². The van der Waals surface area contributed by atoms with Gasteiger partial charge in [0.25, 0.3) is 5.89 Å². The molecule has 26 heavy (non-hydrogen) atoms. The van der Waals surface area contributed by atoms with Crippen LogP contribution < -0.4 is 4.74 Å². The van der Waals surface area contributed by atoms with E-state index in [1.807, 2.05) is 54.6 Å². The number of hydrogen-bond acceptors (Lipinski definition) is 4. The molecule has 0 unspecified atom stereocenters. The smallest absolute Gasteiger partial charge is 0.254 e. The van der Waals surface area contributed by atoms with E-state index in [1.165, 1.54) is 11.1 Å². The van der Waals surface area contributed by atoms with Gasteiger partial charge in [0.15, 0.2) is 6.61 Å². The molecule has 0 N–H and O–H groups in total. The molecule has 0 atom stereocenters. The molecule has 0 aliphatic rings. The minimum atomic E-state index is 0.240. The van der Waals surface area contributed by atoms with Gasteiger partial charge < -0.3 is 9.15 Å². The second-order valence-corrected chi connectivity index (χ2v) is 6.05. The first-order chi connectivity index (χ1) is 12.8. The van der Waals surface area contributed by atoms with Crippen LogP contribution in [0.25, 0.3) is 22.6 Å². The number of rotatable bonds is 5. The molecule has 128 valence electrons. The lowest BCUT2D eigenvalue weighted by Gasteiger charge is -2.06. The summed E-state index contributed by atoms with van der Waals surface area (Å²) in [5, 5.41) is 8.10. The number of benzene rings is 3. The first-order valence-corrected chi connectivity index (χ1v) is 8.46. The van der Waals surface area contributed by atoms with Crippen LogP contribution in [-0.4, -0.2) is 10.2 Å². The van der Waals surface area contributed by atoms with Crippen molar-refractivity contribution in [2.45, 2.75) is 13.5 Å². The van der Waals surface area contributed by atoms with Gasteiger partial charge in [-0.15, -0.1) is 10.2 Å². The maximum atomic E-state index is 5.75. The normalized spacial score (nSPS) is 10.7. The van der Waals surface area contributed by atoms with Crippen LogP contribution in [-0.2, 0) is 6.61 Å². The van der Waals surface area contributed by atoms with E-state index in [2.05, 4.69) is 41.4 Å². The molecule has 3 aromatic carbocycles. The van der Waals surface area contributed by atoms with E-state index in [1.54, 1.807) is 0 Å². The van der Waals surface area contributed by atoms with Gasteiger partial charge in [0.2, 0.25) is 5.89 Å². The standard InChI is InChI=1S/C22H18N2O2/c1-16-7-9-17(10-8-16)18-11-13-20(14-12-18)25-15-21-23-24-22(26-21)19-5-3-2-4-6-19/h2-14H,15H2,1H3. The molecular weight excluding hydrogens is 324 g/mol. The maximum absolute atomic E-state index is 5.75. The van der Waals surface area contributed by atoms with Gasteiger partial charge in [0.1, 0.15) is 5.75 Å². The second kappa shape index (κ2) is 7.23. The Kier molecular flexibility index (Phi) is 4.48. The van der Waals surface area contributed by atoms with Gasteiger partial charge in [0.05, 0.1) is 0 Å². The second-order valence-electron chi connectivity index (χ2n) is 6.05. The Hall–Kier alpha value is -3.40. The molecule has 4 heteroatoms. The fourth-order valence-electron chi connectivity index (χ4n) is 2.64. The van der Waals surface area contributed by atoms with Crippen molar-refractivity contribution in [1.82, 2.24) is 10.2 Å². The van der Waals surface area contributed by atoms with Crippen LogP contribution in [0.15, 0.2) is 83.3 Å². The van der Waals surface area contributed by atoms with Crippen molar-refractivity contribution in [1.29, 1.82) is 0 Å². The summed E-state index contributed by atoms with van der Waals surface area (Å²) in [6, 6.07) is 26.1. The Morgan fingerprint density at radius 3 is 2.08 bits per heavy atom. The van der Waals surface area contributed by atoms with Crippen molar-refractivity contribution in [2.24, 2.45) is 0 Å². The predicted molar refractivity (Wildman–Crippen MR) is 101 cm³/mol. The Morgan fingerprint density at radius 2 is 1.38 bits per heavy atom. The molecule has 0 saturated carbocycles. The molecule has 0 radical (unpaired) electrons. The fourth-order valence-corrected chi connectivity index (χ4v) is 2.64. The highest BCUT2D eigenvalue weighted by Crippen LogP contribution is 2.23. The first kappa shape index (κ1) is 16.1. The molecule has 0 amide bonds. The summed E-state index contributed by atoms with van der Waals surface area (Å²) in [6.07, 6.45) is 0. The van der Waals surface area contributed by atoms with Crippen LogP contribution in [0.5, 0.6) is 5.75 Å². The van der Waals surface area contributed by atoms with Crippen molar-refractivity contribution in [2.75, 3.05) is 0 Å². The summed E-state index contributed by atoms with van der Waals surface area (Å²) in [5.41, 5.74) is 4.49. The van der Waals surface area contributed by atoms with E-state index >= 15 is 0 Å². The van der Waals surface area contributed by atoms with Crippen LogP contribution in [0, 0.1) is 6.92 Å². The van der Waals surface area contributed by atoms with Crippen molar-refractivity contribution < 1.29 is 9.15 Å². The molecule has 1 aromatic heterocycles. The van der Waals surface area contributed by atoms with Gasteiger partial charge in [-0.25, -0.2) is 0 Å². The summed E-state index contributed by atoms with van der Waals surface area (Å²) in [6.45, 7) is 2.32. The molecule has 4 rings (SSSR count). The van der Waals surface area contributed by atoms with Crippen LogP contribution in [0.3, 0.4) is 0 Å². The molecule has 4 nitrogen and oxygen atoms in total. The van der Waals surface area contributed by atoms with Gasteiger partial charge in [-0.1, -0.05) is 60.2 Å². The van der Waals surface area contributed by atoms with E-state index in [9.17, 15) is 0 Å². The Labute approximate surface area is 152 Å². The molecule has 0 aliphatic heterocycles. The summed E-state index contributed by atoms with van der Waals surface area (Å²) in [5.74, 6) is 1.71. The van der Waals surface area contributed by atoms with E-state index in [-0.39, 0.29) is 6.61 Å². The number of nitrogens with zero attached hydrogens (tertiary/aromatic N) is 2. The zero-order valence-corrected chi connectivity index (χ0v) is 14.4. The zero-order chi connectivity index (χ0) is 17.8. The topological polar surface area (TPSA) is 48.2 Å². The largest absolute Gasteiger partial charge is 0.484 e. The van der Waals surface area contributed by atoms with E-state index < -0.39 is 0 Å². The number of hydrogen-bond donors (Lipinski definition) is 0. The average molecular weight is 342 g/mol. The molecule has 4 aromatic rings. The summed E-state index contributed by atoms with van der Waals surface area (Å²) in [4.78, 5) is 0. The van der Waals surface area contributed by atoms with Crippen LogP contribution in [0.4, 0.5) is 0 Å². The minimum absolute atomic E-state index is 0.240. The highest BCUT2D eigenvalue weighted by molar-refractivity contribution is 5.64. The molecule has 0 bridgehead atoms. The highest BCUT2D eigenvalue weighted by Gasteiger charge is 2.08. The molecule has 1 heterocycles. The lowest BCUT2D eigenvalue weighted by atomic mass is 10.0. The molecule has 0 spiro atoms. The van der Waals surface area contributed by atoms with Gasteiger partial charge in [-0.2, -0.15) is 0 Å². The quantitative estimate of drug-likeness (QED) is 0.494. The van der Waals surface area contributed by atoms with Crippen LogP contribution in [0.1, 0.15) is 11.5 Å². The van der Waals surface area contributed by atoms with Gasteiger partial charge in [-0.05, 0) is 42.3 Å². The number of aromatic nitrogens is 2. The number of aryl methyl sites for hydroxylation is 1. The number of ether oxygens (including phenoxy) is 1. The SMILES string of the molecule is Cc1ccc(-c2ccc(OCc3nnc(-c4ccccc4)o3)cc2)cc1. The summed E-state index contributed by atoms with van der Waals surface area (Å²) < 4.78 is 11.4. The maximum Gasteiger partial charge on any atom is 0.254 e. The van der Waals surface area contributed by atoms with Crippen molar-refractivity contribution in [3.05, 3.63) is 90.3 Å². The van der Waals surface area contributed by atoms with E-state index in [0.717, 1.165) is 16.9 Å². The van der Waals surface area contributed by atoms with Crippen molar-refractivity contribution >= 4 is 0 Å². The Morgan fingerprint density at radius 1 is 0.731 bits per heavy atom. The zero-order valence-electron chi connectivity index (χ0n) is 14.4. The highest BCUT2D eigenvalue weighted by atomic mass is 16.5. The van der Waals surface area contributed by atoms with Crippen LogP contribution in [0.2, 0.25) is 0 Å². The van der Waals surface area contributed by atoms with Crippen molar-refractivity contribution in [3.8, 4) is 28.3 Å².